The van der Waals surface area contributed by atoms with Gasteiger partial charge >= 0.3 is 0 Å². The molecule has 2 N–H and O–H groups in total. The van der Waals surface area contributed by atoms with E-state index < -0.39 is 0 Å². The van der Waals surface area contributed by atoms with Crippen LogP contribution in [0.3, 0.4) is 0 Å². The minimum Gasteiger partial charge on any atom is -0.395 e. The van der Waals surface area contributed by atoms with Crippen molar-refractivity contribution in [2.24, 2.45) is 0 Å². The third kappa shape index (κ3) is 6.02. The van der Waals surface area contributed by atoms with Gasteiger partial charge in [-0.05, 0) is 19.5 Å². The highest BCUT2D eigenvalue weighted by atomic mass is 16.3. The summed E-state index contributed by atoms with van der Waals surface area (Å²) in [5.41, 5.74) is 0. The first kappa shape index (κ1) is 12.9. The Balaban J connectivity index is 3.41. The number of aliphatic hydroxyl groups excluding tert-OH is 1. The molecule has 0 aromatic heterocycles. The monoisotopic (exact) mass is 188 g/mol. The Morgan fingerprint density at radius 1 is 1.23 bits per heavy atom. The summed E-state index contributed by atoms with van der Waals surface area (Å²) >= 11 is 0. The van der Waals surface area contributed by atoms with E-state index in [0.29, 0.717) is 0 Å². The summed E-state index contributed by atoms with van der Waals surface area (Å²) in [5, 5.41) is 12.3. The number of nitrogens with zero attached hydrogens (tertiary/aromatic N) is 1. The molecule has 0 aromatic rings. The standard InChI is InChI=1S/C10H24N2O/c1-4-10(9-13)11-7-8-12(5-2)6-3/h10-11,13H,4-9H2,1-3H3. The highest BCUT2D eigenvalue weighted by molar-refractivity contribution is 4.64. The van der Waals surface area contributed by atoms with Crippen molar-refractivity contribution >= 4 is 0 Å². The van der Waals surface area contributed by atoms with Gasteiger partial charge in [-0.25, -0.2) is 0 Å². The fraction of sp³-hybridized carbons (Fsp3) is 1.00. The van der Waals surface area contributed by atoms with E-state index in [9.17, 15) is 0 Å². The topological polar surface area (TPSA) is 35.5 Å². The van der Waals surface area contributed by atoms with Crippen LogP contribution < -0.4 is 5.32 Å². The van der Waals surface area contributed by atoms with E-state index in [1.807, 2.05) is 0 Å². The number of likely N-dealkylation sites (N-methyl/N-ethyl adjacent to an activating group) is 1. The summed E-state index contributed by atoms with van der Waals surface area (Å²) in [7, 11) is 0. The molecule has 13 heavy (non-hydrogen) atoms. The summed E-state index contributed by atoms with van der Waals surface area (Å²) < 4.78 is 0. The molecule has 1 atom stereocenters. The van der Waals surface area contributed by atoms with Gasteiger partial charge in [0.25, 0.3) is 0 Å². The molecule has 3 heteroatoms. The Bertz CT molecular complexity index is 89.1. The largest absolute Gasteiger partial charge is 0.395 e. The smallest absolute Gasteiger partial charge is 0.0584 e. The third-order valence-corrected chi connectivity index (χ3v) is 2.47. The second kappa shape index (κ2) is 8.48. The second-order valence-electron chi connectivity index (χ2n) is 3.27. The number of hydrogen-bond acceptors (Lipinski definition) is 3. The van der Waals surface area contributed by atoms with Gasteiger partial charge in [-0.15, -0.1) is 0 Å². The van der Waals surface area contributed by atoms with Gasteiger partial charge in [0.1, 0.15) is 0 Å². The first-order chi connectivity index (χ1) is 6.28. The predicted molar refractivity (Wildman–Crippen MR) is 57.0 cm³/mol. The molecule has 0 heterocycles. The van der Waals surface area contributed by atoms with Gasteiger partial charge in [-0.1, -0.05) is 20.8 Å². The molecule has 0 aliphatic heterocycles. The van der Waals surface area contributed by atoms with Crippen LogP contribution in [0.4, 0.5) is 0 Å². The Morgan fingerprint density at radius 2 is 1.85 bits per heavy atom. The Labute approximate surface area is 82.1 Å². The highest BCUT2D eigenvalue weighted by Crippen LogP contribution is 1.89. The zero-order chi connectivity index (χ0) is 10.1. The van der Waals surface area contributed by atoms with E-state index in [4.69, 9.17) is 5.11 Å². The Kier molecular flexibility index (Phi) is 8.40. The minimum absolute atomic E-state index is 0.245. The molecule has 0 amide bonds. The molecule has 0 radical (unpaired) electrons. The van der Waals surface area contributed by atoms with Crippen LogP contribution in [-0.4, -0.2) is 48.8 Å². The lowest BCUT2D eigenvalue weighted by atomic mass is 10.2. The molecule has 0 saturated carbocycles. The fourth-order valence-electron chi connectivity index (χ4n) is 1.30. The van der Waals surface area contributed by atoms with Gasteiger partial charge in [0.05, 0.1) is 6.61 Å². The van der Waals surface area contributed by atoms with E-state index in [2.05, 4.69) is 31.0 Å². The molecule has 0 aromatic carbocycles. The van der Waals surface area contributed by atoms with Crippen molar-refractivity contribution in [1.29, 1.82) is 0 Å². The summed E-state index contributed by atoms with van der Waals surface area (Å²) in [5.74, 6) is 0. The molecule has 0 fully saturated rings. The average Bonchev–Trinajstić information content (AvgIpc) is 2.19. The summed E-state index contributed by atoms with van der Waals surface area (Å²) in [4.78, 5) is 2.37. The van der Waals surface area contributed by atoms with Gasteiger partial charge in [-0.2, -0.15) is 0 Å². The predicted octanol–water partition coefficient (Wildman–Crippen LogP) is 0.689. The summed E-state index contributed by atoms with van der Waals surface area (Å²) in [6.07, 6.45) is 0.995. The van der Waals surface area contributed by atoms with Crippen molar-refractivity contribution in [1.82, 2.24) is 10.2 Å². The molecule has 0 bridgehead atoms. The average molecular weight is 188 g/mol. The van der Waals surface area contributed by atoms with Crippen molar-refractivity contribution in [3.05, 3.63) is 0 Å². The first-order valence-electron chi connectivity index (χ1n) is 5.34. The zero-order valence-electron chi connectivity index (χ0n) is 9.21. The van der Waals surface area contributed by atoms with Gasteiger partial charge in [0.2, 0.25) is 0 Å². The maximum Gasteiger partial charge on any atom is 0.0584 e. The second-order valence-corrected chi connectivity index (χ2v) is 3.27. The van der Waals surface area contributed by atoms with Crippen LogP contribution >= 0.6 is 0 Å². The van der Waals surface area contributed by atoms with Crippen molar-refractivity contribution in [2.45, 2.75) is 33.2 Å². The summed E-state index contributed by atoms with van der Waals surface area (Å²) in [6, 6.07) is 0.274. The molecule has 80 valence electrons. The number of nitrogens with one attached hydrogen (secondary N) is 1. The molecule has 0 aliphatic rings. The van der Waals surface area contributed by atoms with Crippen molar-refractivity contribution in [2.75, 3.05) is 32.8 Å². The van der Waals surface area contributed by atoms with Gasteiger partial charge in [0, 0.05) is 19.1 Å². The molecular formula is C10H24N2O. The maximum atomic E-state index is 8.93. The van der Waals surface area contributed by atoms with Crippen molar-refractivity contribution < 1.29 is 5.11 Å². The van der Waals surface area contributed by atoms with Crippen molar-refractivity contribution in [3.63, 3.8) is 0 Å². The van der Waals surface area contributed by atoms with Crippen LogP contribution in [0, 0.1) is 0 Å². The molecule has 0 aliphatic carbocycles. The molecular weight excluding hydrogens is 164 g/mol. The van der Waals surface area contributed by atoms with Crippen LogP contribution in [0.25, 0.3) is 0 Å². The number of hydrogen-bond donors (Lipinski definition) is 2. The van der Waals surface area contributed by atoms with Gasteiger partial charge in [0.15, 0.2) is 0 Å². The van der Waals surface area contributed by atoms with E-state index >= 15 is 0 Å². The Hall–Kier alpha value is -0.120. The van der Waals surface area contributed by atoms with E-state index in [1.54, 1.807) is 0 Å². The summed E-state index contributed by atoms with van der Waals surface area (Å²) in [6.45, 7) is 10.9. The molecule has 0 saturated heterocycles. The number of rotatable bonds is 8. The van der Waals surface area contributed by atoms with Crippen molar-refractivity contribution in [3.8, 4) is 0 Å². The van der Waals surface area contributed by atoms with Gasteiger partial charge in [-0.3, -0.25) is 0 Å². The lowest BCUT2D eigenvalue weighted by Crippen LogP contribution is -2.38. The normalized spacial score (nSPS) is 13.6. The Morgan fingerprint density at radius 3 is 2.23 bits per heavy atom. The minimum atomic E-state index is 0.245. The lowest BCUT2D eigenvalue weighted by molar-refractivity contribution is 0.229. The lowest BCUT2D eigenvalue weighted by Gasteiger charge is -2.20. The molecule has 1 unspecified atom stereocenters. The van der Waals surface area contributed by atoms with E-state index in [1.165, 1.54) is 0 Å². The maximum absolute atomic E-state index is 8.93. The van der Waals surface area contributed by atoms with Gasteiger partial charge < -0.3 is 15.3 Å². The van der Waals surface area contributed by atoms with Crippen LogP contribution in [0.2, 0.25) is 0 Å². The number of aliphatic hydroxyl groups is 1. The third-order valence-electron chi connectivity index (χ3n) is 2.47. The van der Waals surface area contributed by atoms with E-state index in [-0.39, 0.29) is 12.6 Å². The molecule has 3 nitrogen and oxygen atoms in total. The van der Waals surface area contributed by atoms with E-state index in [0.717, 1.165) is 32.6 Å². The molecule has 0 spiro atoms. The van der Waals surface area contributed by atoms with Crippen LogP contribution in [0.5, 0.6) is 0 Å². The van der Waals surface area contributed by atoms with Crippen LogP contribution in [-0.2, 0) is 0 Å². The fourth-order valence-corrected chi connectivity index (χ4v) is 1.30. The first-order valence-corrected chi connectivity index (χ1v) is 5.34. The highest BCUT2D eigenvalue weighted by Gasteiger charge is 2.03. The molecule has 0 rings (SSSR count). The SMILES string of the molecule is CCC(CO)NCCN(CC)CC. The van der Waals surface area contributed by atoms with Crippen LogP contribution in [0.1, 0.15) is 27.2 Å². The quantitative estimate of drug-likeness (QED) is 0.588. The van der Waals surface area contributed by atoms with Crippen LogP contribution in [0.15, 0.2) is 0 Å². The zero-order valence-corrected chi connectivity index (χ0v) is 9.21.